The van der Waals surface area contributed by atoms with Gasteiger partial charge in [0, 0.05) is 0 Å². The minimum Gasteiger partial charge on any atom is -0.0871 e. The Morgan fingerprint density at radius 3 is 1.11 bits per heavy atom. The lowest BCUT2D eigenvalue weighted by Crippen LogP contribution is -1.86. The number of allylic oxidation sites excluding steroid dienone is 2. The van der Waals surface area contributed by atoms with Crippen LogP contribution in [0.1, 0.15) is 63.9 Å². The van der Waals surface area contributed by atoms with Crippen LogP contribution in [0.4, 0.5) is 0 Å². The molecule has 0 atom stereocenters. The molecule has 0 N–H and O–H groups in total. The molecule has 0 aliphatic heterocycles. The fourth-order valence-electron chi connectivity index (χ4n) is 10.9. The molecule has 0 aromatic heterocycles. The predicted octanol–water partition coefficient (Wildman–Crippen LogP) is 26.2. The van der Waals surface area contributed by atoms with Gasteiger partial charge in [-0.25, -0.2) is 0 Å². The maximum Gasteiger partial charge on any atom is -0.00990 e. The van der Waals surface area contributed by atoms with Crippen LogP contribution >= 0.6 is 0 Å². The molecule has 15 rings (SSSR count). The van der Waals surface area contributed by atoms with Crippen molar-refractivity contribution in [2.24, 2.45) is 0 Å². The highest BCUT2D eigenvalue weighted by Gasteiger charge is 2.09. The molecule has 0 saturated heterocycles. The fourth-order valence-corrected chi connectivity index (χ4v) is 10.9. The molecular weight excluding hydrogens is 1090 g/mol. The maximum atomic E-state index is 2.25. The van der Waals surface area contributed by atoms with Gasteiger partial charge in [-0.3, -0.25) is 0 Å². The molecule has 0 spiro atoms. The zero-order chi connectivity index (χ0) is 63.4. The van der Waals surface area contributed by atoms with E-state index in [0.29, 0.717) is 0 Å². The number of hydrogen-bond donors (Lipinski definition) is 0. The van der Waals surface area contributed by atoms with Crippen molar-refractivity contribution in [3.05, 3.63) is 396 Å². The Kier molecular flexibility index (Phi) is 24.1. The summed E-state index contributed by atoms with van der Waals surface area (Å²) in [4.78, 5) is 0. The summed E-state index contributed by atoms with van der Waals surface area (Å²) >= 11 is 0. The molecule has 0 unspecified atom stereocenters. The third-order valence-electron chi connectivity index (χ3n) is 15.7. The molecule has 0 radical (unpaired) electrons. The van der Waals surface area contributed by atoms with Gasteiger partial charge in [0.2, 0.25) is 0 Å². The van der Waals surface area contributed by atoms with Crippen LogP contribution in [0, 0.1) is 34.6 Å². The predicted molar refractivity (Wildman–Crippen MR) is 404 cm³/mol. The molecule has 91 heavy (non-hydrogen) atoms. The van der Waals surface area contributed by atoms with Gasteiger partial charge in [0.05, 0.1) is 0 Å². The minimum atomic E-state index is 1.23. The van der Waals surface area contributed by atoms with E-state index in [1.165, 1.54) is 126 Å². The molecule has 0 fully saturated rings. The zero-order valence-corrected chi connectivity index (χ0v) is 53.7. The summed E-state index contributed by atoms with van der Waals surface area (Å²) < 4.78 is 0. The van der Waals surface area contributed by atoms with Crippen LogP contribution in [-0.2, 0) is 0 Å². The molecular formula is C91H82. The first-order valence-corrected chi connectivity index (χ1v) is 31.5. The first kappa shape index (κ1) is 64.6. The molecule has 446 valence electrons. The van der Waals surface area contributed by atoms with Gasteiger partial charge in [0.15, 0.2) is 0 Å². The lowest BCUT2D eigenvalue weighted by atomic mass is 9.92. The minimum absolute atomic E-state index is 1.23. The molecule has 0 heterocycles. The normalized spacial score (nSPS) is 10.7. The van der Waals surface area contributed by atoms with Crippen LogP contribution < -0.4 is 0 Å². The first-order chi connectivity index (χ1) is 44.6. The van der Waals surface area contributed by atoms with Gasteiger partial charge in [-0.05, 0) is 158 Å². The largest absolute Gasteiger partial charge is 0.0871 e. The van der Waals surface area contributed by atoms with Crippen molar-refractivity contribution in [1.29, 1.82) is 0 Å². The summed E-state index contributed by atoms with van der Waals surface area (Å²) in [6.45, 7) is 14.7. The van der Waals surface area contributed by atoms with E-state index in [9.17, 15) is 0 Å². The van der Waals surface area contributed by atoms with Crippen molar-refractivity contribution in [1.82, 2.24) is 0 Å². The highest BCUT2D eigenvalue weighted by molar-refractivity contribution is 6.08. The van der Waals surface area contributed by atoms with Crippen LogP contribution in [0.2, 0.25) is 0 Å². The molecule has 15 aromatic rings. The van der Waals surface area contributed by atoms with Crippen molar-refractivity contribution < 1.29 is 0 Å². The van der Waals surface area contributed by atoms with E-state index in [-0.39, 0.29) is 0 Å². The van der Waals surface area contributed by atoms with Crippen LogP contribution in [0.25, 0.3) is 100 Å². The second kappa shape index (κ2) is 34.0. The van der Waals surface area contributed by atoms with E-state index >= 15 is 0 Å². The smallest absolute Gasteiger partial charge is 0.00990 e. The Balaban J connectivity index is 0.000000128. The van der Waals surface area contributed by atoms with Gasteiger partial charge in [0.25, 0.3) is 0 Å². The van der Waals surface area contributed by atoms with E-state index in [2.05, 4.69) is 350 Å². The van der Waals surface area contributed by atoms with Crippen molar-refractivity contribution in [3.63, 3.8) is 0 Å². The first-order valence-electron chi connectivity index (χ1n) is 31.5. The molecule has 0 aliphatic carbocycles. The molecule has 0 saturated carbocycles. The van der Waals surface area contributed by atoms with E-state index < -0.39 is 0 Å². The summed E-state index contributed by atoms with van der Waals surface area (Å²) in [6, 6.07) is 117. The summed E-state index contributed by atoms with van der Waals surface area (Å²) in [7, 11) is 0. The van der Waals surface area contributed by atoms with Crippen molar-refractivity contribution in [2.45, 2.75) is 48.5 Å². The summed E-state index contributed by atoms with van der Waals surface area (Å²) in [5, 5.41) is 15.9. The fraction of sp³-hybridized carbons (Fsp3) is 0.0769. The lowest BCUT2D eigenvalue weighted by molar-refractivity contribution is 1.46. The molecule has 0 bridgehead atoms. The average molecular weight is 1180 g/mol. The average Bonchev–Trinajstić information content (AvgIpc) is 1.05. The van der Waals surface area contributed by atoms with Crippen LogP contribution in [0.3, 0.4) is 0 Å². The Morgan fingerprint density at radius 1 is 0.187 bits per heavy atom. The maximum absolute atomic E-state index is 2.25. The zero-order valence-electron chi connectivity index (χ0n) is 53.7. The molecule has 15 aromatic carbocycles. The van der Waals surface area contributed by atoms with E-state index in [0.717, 1.165) is 0 Å². The van der Waals surface area contributed by atoms with E-state index in [1.54, 1.807) is 0 Å². The monoisotopic (exact) mass is 1170 g/mol. The number of aryl methyl sites for hydroxylation is 5. The van der Waals surface area contributed by atoms with Gasteiger partial charge < -0.3 is 0 Å². The second-order valence-electron chi connectivity index (χ2n) is 22.6. The Hall–Kier alpha value is -10.9. The van der Waals surface area contributed by atoms with E-state index in [4.69, 9.17) is 0 Å². The number of rotatable bonds is 5. The Bertz CT molecular complexity index is 4730. The lowest BCUT2D eigenvalue weighted by Gasteiger charge is -2.11. The Labute approximate surface area is 541 Å². The Morgan fingerprint density at radius 2 is 0.538 bits per heavy atom. The van der Waals surface area contributed by atoms with Gasteiger partial charge in [0.1, 0.15) is 0 Å². The van der Waals surface area contributed by atoms with E-state index in [1.807, 2.05) is 68.5 Å². The molecule has 0 aliphatic rings. The second-order valence-corrected chi connectivity index (χ2v) is 22.6. The van der Waals surface area contributed by atoms with Crippen LogP contribution in [0.5, 0.6) is 0 Å². The van der Waals surface area contributed by atoms with Gasteiger partial charge in [-0.1, -0.05) is 387 Å². The highest BCUT2D eigenvalue weighted by atomic mass is 14.1. The standard InChI is InChI=1S/C21H16.C15H12.C15H14.2C11H10.2C9H10/c1-15-13-14-21(19-11-5-4-9-17(15)19)20-12-6-8-16-7-2-3-10-18(16)20;1-11-6-9-15-13(10-11)8-7-12-4-2-3-5-14(12)15;1-13-7-9-15(10-8-13)12-11-14-5-3-2-4-6-14;1-9-5-4-7-10-6-2-3-8-11(9)10;1-9-6-7-10-4-2-3-5-11(10)8-9;2*1-2-6-9-7-4-3-5-8-9/h2-14H,1H3;2-10H,1H3;2-12H,1H3;2*2-8H,1H3;2*2-8H,1H3/b;;12-11+;;;6-2+;6-2-. The van der Waals surface area contributed by atoms with Crippen LogP contribution in [-0.4, -0.2) is 0 Å². The summed E-state index contributed by atoms with van der Waals surface area (Å²) in [6.07, 6.45) is 12.5. The third-order valence-corrected chi connectivity index (χ3v) is 15.7. The van der Waals surface area contributed by atoms with Crippen LogP contribution in [0.15, 0.2) is 346 Å². The van der Waals surface area contributed by atoms with Gasteiger partial charge in [-0.2, -0.15) is 0 Å². The van der Waals surface area contributed by atoms with Crippen molar-refractivity contribution in [2.75, 3.05) is 0 Å². The van der Waals surface area contributed by atoms with Gasteiger partial charge in [-0.15, -0.1) is 0 Å². The van der Waals surface area contributed by atoms with Crippen molar-refractivity contribution in [3.8, 4) is 11.1 Å². The SMILES string of the molecule is C/C=C/c1ccccc1.C/C=C\c1ccccc1.Cc1ccc(-c2cccc3ccccc23)c2ccccc12.Cc1ccc(/C=C/c2ccccc2)cc1.Cc1ccc2c(ccc3ccccc32)c1.Cc1ccc2ccccc2c1.Cc1cccc2ccccc12. The molecule has 0 nitrogen and oxygen atoms in total. The molecule has 0 amide bonds. The number of fused-ring (bicyclic) bond motifs is 7. The molecule has 0 heteroatoms. The number of hydrogen-bond acceptors (Lipinski definition) is 0. The quantitative estimate of drug-likeness (QED) is 0.119. The van der Waals surface area contributed by atoms with Crippen molar-refractivity contribution >= 4 is 88.9 Å². The summed E-state index contributed by atoms with van der Waals surface area (Å²) in [5.41, 5.74) is 14.2. The summed E-state index contributed by atoms with van der Waals surface area (Å²) in [5.74, 6) is 0. The van der Waals surface area contributed by atoms with Gasteiger partial charge >= 0.3 is 0 Å². The highest BCUT2D eigenvalue weighted by Crippen LogP contribution is 2.35. The topological polar surface area (TPSA) is 0 Å². The number of benzene rings is 15. The third kappa shape index (κ3) is 19.0.